The minimum absolute atomic E-state index is 0.0547. The number of thiazole rings is 1. The Kier molecular flexibility index (Phi) is 3.24. The van der Waals surface area contributed by atoms with Gasteiger partial charge in [0.1, 0.15) is 4.88 Å². The molecule has 0 fully saturated rings. The van der Waals surface area contributed by atoms with Gasteiger partial charge in [0.05, 0.1) is 5.69 Å². The van der Waals surface area contributed by atoms with Gasteiger partial charge in [-0.1, -0.05) is 18.2 Å². The summed E-state index contributed by atoms with van der Waals surface area (Å²) in [5, 5.41) is -0.976. The molecule has 3 rings (SSSR count). The molecule has 1 aromatic heterocycles. The molecule has 1 aromatic carbocycles. The molecule has 7 heteroatoms. The third kappa shape index (κ3) is 2.42. The van der Waals surface area contributed by atoms with Crippen molar-refractivity contribution in [2.45, 2.75) is 19.5 Å². The van der Waals surface area contributed by atoms with E-state index in [1.165, 1.54) is 11.8 Å². The summed E-state index contributed by atoms with van der Waals surface area (Å²) in [5.74, 6) is -0.412. The zero-order valence-corrected chi connectivity index (χ0v) is 11.9. The topological polar surface area (TPSA) is 33.2 Å². The van der Waals surface area contributed by atoms with E-state index in [4.69, 9.17) is 0 Å². The second kappa shape index (κ2) is 4.84. The van der Waals surface area contributed by atoms with E-state index in [1.54, 1.807) is 6.07 Å². The summed E-state index contributed by atoms with van der Waals surface area (Å²) in [6.07, 6.45) is -3.80. The molecule has 110 valence electrons. The number of hydrogen-bond acceptors (Lipinski definition) is 3. The van der Waals surface area contributed by atoms with Crippen molar-refractivity contribution in [1.29, 1.82) is 0 Å². The normalized spacial score (nSPS) is 14.4. The van der Waals surface area contributed by atoms with Gasteiger partial charge in [-0.25, -0.2) is 4.98 Å². The van der Waals surface area contributed by atoms with Gasteiger partial charge in [0, 0.05) is 12.2 Å². The van der Waals surface area contributed by atoms with Crippen molar-refractivity contribution in [2.75, 3.05) is 11.4 Å². The molecule has 0 N–H and O–H groups in total. The molecule has 2 aromatic rings. The fourth-order valence-electron chi connectivity index (χ4n) is 2.39. The Morgan fingerprint density at radius 2 is 2.05 bits per heavy atom. The van der Waals surface area contributed by atoms with Gasteiger partial charge in [-0.2, -0.15) is 13.2 Å². The molecule has 1 amide bonds. The number of para-hydroxylation sites is 1. The van der Waals surface area contributed by atoms with E-state index in [0.29, 0.717) is 24.3 Å². The van der Waals surface area contributed by atoms with Crippen LogP contribution in [0, 0.1) is 6.92 Å². The number of rotatable bonds is 1. The minimum Gasteiger partial charge on any atom is -0.307 e. The number of aryl methyl sites for hydroxylation is 1. The van der Waals surface area contributed by atoms with Crippen LogP contribution < -0.4 is 4.90 Å². The number of amides is 1. The fraction of sp³-hybridized carbons (Fsp3) is 0.286. The lowest BCUT2D eigenvalue weighted by Gasteiger charge is -2.16. The second-order valence-corrected chi connectivity index (χ2v) is 5.77. The quantitative estimate of drug-likeness (QED) is 0.805. The number of hydrogen-bond donors (Lipinski definition) is 0. The summed E-state index contributed by atoms with van der Waals surface area (Å²) in [6.45, 7) is 1.91. The third-order valence-electron chi connectivity index (χ3n) is 3.37. The van der Waals surface area contributed by atoms with Crippen molar-refractivity contribution in [3.63, 3.8) is 0 Å². The summed E-state index contributed by atoms with van der Waals surface area (Å²) < 4.78 is 38.1. The van der Waals surface area contributed by atoms with Crippen LogP contribution in [0.3, 0.4) is 0 Å². The van der Waals surface area contributed by atoms with Crippen molar-refractivity contribution >= 4 is 22.9 Å². The summed E-state index contributed by atoms with van der Waals surface area (Å²) in [6, 6.07) is 7.42. The van der Waals surface area contributed by atoms with E-state index in [9.17, 15) is 18.0 Å². The highest BCUT2D eigenvalue weighted by Gasteiger charge is 2.37. The van der Waals surface area contributed by atoms with Crippen LogP contribution in [-0.4, -0.2) is 17.4 Å². The van der Waals surface area contributed by atoms with Crippen LogP contribution in [0.5, 0.6) is 0 Å². The van der Waals surface area contributed by atoms with Crippen molar-refractivity contribution in [3.8, 4) is 0 Å². The SMILES string of the molecule is Cc1nc(C(F)(F)F)sc1C(=O)N1CCc2ccccc21. The molecule has 0 bridgehead atoms. The lowest BCUT2D eigenvalue weighted by atomic mass is 10.2. The Morgan fingerprint density at radius 3 is 2.71 bits per heavy atom. The molecule has 1 aliphatic rings. The van der Waals surface area contributed by atoms with Gasteiger partial charge < -0.3 is 4.90 Å². The van der Waals surface area contributed by atoms with Crippen LogP contribution in [0.25, 0.3) is 0 Å². The van der Waals surface area contributed by atoms with Gasteiger partial charge in [0.25, 0.3) is 5.91 Å². The molecular weight excluding hydrogens is 301 g/mol. The standard InChI is InChI=1S/C14H11F3N2OS/c1-8-11(21-13(18-8)14(15,16)17)12(20)19-7-6-9-4-2-3-5-10(9)19/h2-5H,6-7H2,1H3. The van der Waals surface area contributed by atoms with E-state index in [2.05, 4.69) is 4.98 Å². The Hall–Kier alpha value is -1.89. The van der Waals surface area contributed by atoms with Gasteiger partial charge in [-0.3, -0.25) is 4.79 Å². The molecule has 2 heterocycles. The first-order chi connectivity index (χ1) is 9.88. The summed E-state index contributed by atoms with van der Waals surface area (Å²) in [4.78, 5) is 17.6. The molecule has 0 saturated heterocycles. The van der Waals surface area contributed by atoms with Crippen LogP contribution in [-0.2, 0) is 12.6 Å². The van der Waals surface area contributed by atoms with Gasteiger partial charge in [-0.15, -0.1) is 11.3 Å². The molecular formula is C14H11F3N2OS. The number of halogens is 3. The molecule has 0 saturated carbocycles. The minimum atomic E-state index is -4.52. The average Bonchev–Trinajstić information content (AvgIpc) is 3.01. The second-order valence-electron chi connectivity index (χ2n) is 4.77. The number of carbonyl (C=O) groups excluding carboxylic acids is 1. The first-order valence-electron chi connectivity index (χ1n) is 6.32. The smallest absolute Gasteiger partial charge is 0.307 e. The summed E-state index contributed by atoms with van der Waals surface area (Å²) in [5.41, 5.74) is 1.93. The Bertz CT molecular complexity index is 708. The van der Waals surface area contributed by atoms with Crippen molar-refractivity contribution in [3.05, 3.63) is 45.4 Å². The number of aromatic nitrogens is 1. The van der Waals surface area contributed by atoms with Crippen molar-refractivity contribution < 1.29 is 18.0 Å². The van der Waals surface area contributed by atoms with Crippen LogP contribution in [0.15, 0.2) is 24.3 Å². The van der Waals surface area contributed by atoms with Gasteiger partial charge >= 0.3 is 6.18 Å². The average molecular weight is 312 g/mol. The number of alkyl halides is 3. The number of benzene rings is 1. The van der Waals surface area contributed by atoms with Crippen molar-refractivity contribution in [1.82, 2.24) is 4.98 Å². The predicted octanol–water partition coefficient (Wildman–Crippen LogP) is 3.67. The highest BCUT2D eigenvalue weighted by atomic mass is 32.1. The number of carbonyl (C=O) groups is 1. The van der Waals surface area contributed by atoms with Gasteiger partial charge in [0.15, 0.2) is 5.01 Å². The Labute approximate surface area is 123 Å². The van der Waals surface area contributed by atoms with Crippen LogP contribution in [0.1, 0.15) is 25.9 Å². The predicted molar refractivity (Wildman–Crippen MR) is 73.7 cm³/mol. The van der Waals surface area contributed by atoms with Crippen LogP contribution in [0.4, 0.5) is 18.9 Å². The molecule has 0 radical (unpaired) electrons. The monoisotopic (exact) mass is 312 g/mol. The van der Waals surface area contributed by atoms with E-state index in [1.807, 2.05) is 18.2 Å². The van der Waals surface area contributed by atoms with Crippen molar-refractivity contribution in [2.24, 2.45) is 0 Å². The zero-order valence-electron chi connectivity index (χ0n) is 11.1. The molecule has 1 aliphatic heterocycles. The van der Waals surface area contributed by atoms with Gasteiger partial charge in [-0.05, 0) is 25.0 Å². The number of fused-ring (bicyclic) bond motifs is 1. The number of nitrogens with zero attached hydrogens (tertiary/aromatic N) is 2. The molecule has 21 heavy (non-hydrogen) atoms. The molecule has 3 nitrogen and oxygen atoms in total. The molecule has 0 atom stereocenters. The Balaban J connectivity index is 1.96. The van der Waals surface area contributed by atoms with Gasteiger partial charge in [0.2, 0.25) is 0 Å². The lowest BCUT2D eigenvalue weighted by Crippen LogP contribution is -2.28. The maximum absolute atomic E-state index is 12.7. The maximum atomic E-state index is 12.7. The molecule has 0 spiro atoms. The molecule has 0 aliphatic carbocycles. The lowest BCUT2D eigenvalue weighted by molar-refractivity contribution is -0.137. The third-order valence-corrected chi connectivity index (χ3v) is 4.56. The van der Waals surface area contributed by atoms with Crippen LogP contribution >= 0.6 is 11.3 Å². The van der Waals surface area contributed by atoms with E-state index >= 15 is 0 Å². The number of anilines is 1. The van der Waals surface area contributed by atoms with E-state index in [0.717, 1.165) is 11.3 Å². The van der Waals surface area contributed by atoms with Crippen LogP contribution in [0.2, 0.25) is 0 Å². The highest BCUT2D eigenvalue weighted by molar-refractivity contribution is 7.14. The first kappa shape index (κ1) is 14.1. The van der Waals surface area contributed by atoms with E-state index in [-0.39, 0.29) is 10.6 Å². The highest BCUT2D eigenvalue weighted by Crippen LogP contribution is 2.36. The molecule has 0 unspecified atom stereocenters. The Morgan fingerprint density at radius 1 is 1.33 bits per heavy atom. The van der Waals surface area contributed by atoms with E-state index < -0.39 is 17.1 Å². The summed E-state index contributed by atoms with van der Waals surface area (Å²) in [7, 11) is 0. The zero-order chi connectivity index (χ0) is 15.2. The fourth-order valence-corrected chi connectivity index (χ4v) is 3.27. The largest absolute Gasteiger partial charge is 0.443 e. The first-order valence-corrected chi connectivity index (χ1v) is 7.14. The summed E-state index contributed by atoms with van der Waals surface area (Å²) >= 11 is 0.409. The maximum Gasteiger partial charge on any atom is 0.443 e.